The van der Waals surface area contributed by atoms with Crippen LogP contribution in [0.1, 0.15) is 35.6 Å². The molecule has 2 aromatic carbocycles. The molecule has 0 bridgehead atoms. The second kappa shape index (κ2) is 10.9. The standard InChI is InChI=1S/C23H30N2O2S/c1-5-21(23(27)24-4)25(14-19-9-7-6-8-10-19)22(26)16-28-15-20-12-17(2)11-18(3)13-20/h6-13,21H,5,14-16H2,1-4H3,(H,24,27)/t21-/m0/s1. The van der Waals surface area contributed by atoms with E-state index < -0.39 is 6.04 Å². The van der Waals surface area contributed by atoms with Gasteiger partial charge in [0.05, 0.1) is 5.75 Å². The first-order valence-electron chi connectivity index (χ1n) is 9.64. The van der Waals surface area contributed by atoms with Crippen LogP contribution in [0.4, 0.5) is 0 Å². The molecular formula is C23H30N2O2S. The van der Waals surface area contributed by atoms with Gasteiger partial charge in [0.25, 0.3) is 0 Å². The van der Waals surface area contributed by atoms with Crippen molar-refractivity contribution in [2.24, 2.45) is 0 Å². The monoisotopic (exact) mass is 398 g/mol. The number of hydrogen-bond donors (Lipinski definition) is 1. The fourth-order valence-electron chi connectivity index (χ4n) is 3.36. The van der Waals surface area contributed by atoms with Gasteiger partial charge in [-0.05, 0) is 31.4 Å². The lowest BCUT2D eigenvalue weighted by Crippen LogP contribution is -2.48. The zero-order valence-corrected chi connectivity index (χ0v) is 18.0. The minimum absolute atomic E-state index is 0.00585. The summed E-state index contributed by atoms with van der Waals surface area (Å²) in [6.45, 7) is 6.55. The van der Waals surface area contributed by atoms with E-state index in [0.717, 1.165) is 11.3 Å². The summed E-state index contributed by atoms with van der Waals surface area (Å²) in [6.07, 6.45) is 0.583. The van der Waals surface area contributed by atoms with Gasteiger partial charge in [-0.15, -0.1) is 11.8 Å². The molecule has 28 heavy (non-hydrogen) atoms. The van der Waals surface area contributed by atoms with E-state index in [-0.39, 0.29) is 11.8 Å². The Hall–Kier alpha value is -2.27. The van der Waals surface area contributed by atoms with Gasteiger partial charge in [0.1, 0.15) is 6.04 Å². The Morgan fingerprint density at radius 2 is 1.68 bits per heavy atom. The molecule has 0 fully saturated rings. The molecule has 0 radical (unpaired) electrons. The number of hydrogen-bond acceptors (Lipinski definition) is 3. The van der Waals surface area contributed by atoms with Crippen molar-refractivity contribution in [3.63, 3.8) is 0 Å². The summed E-state index contributed by atoms with van der Waals surface area (Å²) in [5, 5.41) is 2.69. The highest BCUT2D eigenvalue weighted by Crippen LogP contribution is 2.19. The molecule has 0 aromatic heterocycles. The number of amides is 2. The second-order valence-corrected chi connectivity index (χ2v) is 8.02. The highest BCUT2D eigenvalue weighted by molar-refractivity contribution is 7.99. The van der Waals surface area contributed by atoms with Crippen LogP contribution in [-0.4, -0.2) is 35.6 Å². The van der Waals surface area contributed by atoms with E-state index in [4.69, 9.17) is 0 Å². The quantitative estimate of drug-likeness (QED) is 0.692. The SMILES string of the molecule is CC[C@@H](C(=O)NC)N(Cc1ccccc1)C(=O)CSCc1cc(C)cc(C)c1. The number of benzene rings is 2. The van der Waals surface area contributed by atoms with E-state index in [2.05, 4.69) is 37.4 Å². The van der Waals surface area contributed by atoms with Crippen LogP contribution in [0.15, 0.2) is 48.5 Å². The summed E-state index contributed by atoms with van der Waals surface area (Å²) in [5.41, 5.74) is 4.72. The van der Waals surface area contributed by atoms with E-state index in [1.54, 1.807) is 23.7 Å². The Morgan fingerprint density at radius 1 is 1.04 bits per heavy atom. The third-order valence-corrected chi connectivity index (χ3v) is 5.59. The van der Waals surface area contributed by atoms with Crippen molar-refractivity contribution in [1.29, 1.82) is 0 Å². The van der Waals surface area contributed by atoms with Crippen molar-refractivity contribution in [2.45, 2.75) is 45.5 Å². The van der Waals surface area contributed by atoms with Gasteiger partial charge in [-0.25, -0.2) is 0 Å². The van der Waals surface area contributed by atoms with E-state index in [1.165, 1.54) is 16.7 Å². The van der Waals surface area contributed by atoms with Gasteiger partial charge in [0.2, 0.25) is 11.8 Å². The number of carbonyl (C=O) groups excluding carboxylic acids is 2. The molecule has 150 valence electrons. The van der Waals surface area contributed by atoms with Crippen LogP contribution in [0.2, 0.25) is 0 Å². The molecule has 0 heterocycles. The van der Waals surface area contributed by atoms with Crippen LogP contribution < -0.4 is 5.32 Å². The van der Waals surface area contributed by atoms with Gasteiger partial charge < -0.3 is 10.2 Å². The first-order valence-corrected chi connectivity index (χ1v) is 10.8. The van der Waals surface area contributed by atoms with Crippen molar-refractivity contribution in [3.8, 4) is 0 Å². The first-order chi connectivity index (χ1) is 13.4. The molecule has 0 spiro atoms. The van der Waals surface area contributed by atoms with Crippen molar-refractivity contribution in [3.05, 3.63) is 70.8 Å². The summed E-state index contributed by atoms with van der Waals surface area (Å²) in [7, 11) is 1.62. The Morgan fingerprint density at radius 3 is 2.25 bits per heavy atom. The molecule has 0 saturated carbocycles. The molecule has 0 saturated heterocycles. The molecule has 2 amide bonds. The van der Waals surface area contributed by atoms with Gasteiger partial charge in [-0.1, -0.05) is 66.6 Å². The molecule has 0 aliphatic heterocycles. The molecule has 0 unspecified atom stereocenters. The third-order valence-electron chi connectivity index (χ3n) is 4.60. The average Bonchev–Trinajstić information content (AvgIpc) is 2.67. The molecule has 0 aliphatic rings. The fourth-order valence-corrected chi connectivity index (χ4v) is 4.20. The predicted molar refractivity (Wildman–Crippen MR) is 117 cm³/mol. The minimum Gasteiger partial charge on any atom is -0.357 e. The van der Waals surface area contributed by atoms with Crippen molar-refractivity contribution < 1.29 is 9.59 Å². The molecule has 2 rings (SSSR count). The number of nitrogens with one attached hydrogen (secondary N) is 1. The Balaban J connectivity index is 2.07. The lowest BCUT2D eigenvalue weighted by molar-refractivity contribution is -0.139. The summed E-state index contributed by atoms with van der Waals surface area (Å²) < 4.78 is 0. The van der Waals surface area contributed by atoms with E-state index in [9.17, 15) is 9.59 Å². The van der Waals surface area contributed by atoms with E-state index in [1.807, 2.05) is 37.3 Å². The van der Waals surface area contributed by atoms with Gasteiger partial charge >= 0.3 is 0 Å². The lowest BCUT2D eigenvalue weighted by Gasteiger charge is -2.30. The molecule has 5 heteroatoms. The van der Waals surface area contributed by atoms with Crippen molar-refractivity contribution in [1.82, 2.24) is 10.2 Å². The number of carbonyl (C=O) groups is 2. The lowest BCUT2D eigenvalue weighted by atomic mass is 10.1. The Kier molecular flexibility index (Phi) is 8.58. The number of nitrogens with zero attached hydrogens (tertiary/aromatic N) is 1. The van der Waals surface area contributed by atoms with Crippen LogP contribution in [-0.2, 0) is 21.9 Å². The zero-order chi connectivity index (χ0) is 20.5. The Bertz CT molecular complexity index is 772. The smallest absolute Gasteiger partial charge is 0.242 e. The average molecular weight is 399 g/mol. The predicted octanol–water partition coefficient (Wildman–Crippen LogP) is 4.09. The normalized spacial score (nSPS) is 11.7. The summed E-state index contributed by atoms with van der Waals surface area (Å²) in [4.78, 5) is 27.1. The highest BCUT2D eigenvalue weighted by Gasteiger charge is 2.27. The van der Waals surface area contributed by atoms with Crippen molar-refractivity contribution in [2.75, 3.05) is 12.8 Å². The van der Waals surface area contributed by atoms with Crippen LogP contribution in [0, 0.1) is 13.8 Å². The van der Waals surface area contributed by atoms with Crippen LogP contribution in [0.5, 0.6) is 0 Å². The first kappa shape index (κ1) is 22.0. The summed E-state index contributed by atoms with van der Waals surface area (Å²) in [5.74, 6) is 1.01. The molecule has 2 aromatic rings. The molecule has 4 nitrogen and oxygen atoms in total. The van der Waals surface area contributed by atoms with Gasteiger partial charge in [0.15, 0.2) is 0 Å². The summed E-state index contributed by atoms with van der Waals surface area (Å²) >= 11 is 1.60. The Labute approximate surface area is 172 Å². The molecule has 1 atom stereocenters. The fraction of sp³-hybridized carbons (Fsp3) is 0.391. The number of thioether (sulfide) groups is 1. The van der Waals surface area contributed by atoms with Gasteiger partial charge in [-0.3, -0.25) is 9.59 Å². The molecular weight excluding hydrogens is 368 g/mol. The maximum absolute atomic E-state index is 13.0. The second-order valence-electron chi connectivity index (χ2n) is 7.03. The molecule has 1 N–H and O–H groups in total. The number of rotatable bonds is 9. The van der Waals surface area contributed by atoms with Crippen LogP contribution in [0.3, 0.4) is 0 Å². The van der Waals surface area contributed by atoms with E-state index >= 15 is 0 Å². The van der Waals surface area contributed by atoms with Crippen LogP contribution >= 0.6 is 11.8 Å². The van der Waals surface area contributed by atoms with Gasteiger partial charge in [0, 0.05) is 19.3 Å². The topological polar surface area (TPSA) is 49.4 Å². The van der Waals surface area contributed by atoms with Crippen LogP contribution in [0.25, 0.3) is 0 Å². The number of likely N-dealkylation sites (N-methyl/N-ethyl adjacent to an activating group) is 1. The maximum Gasteiger partial charge on any atom is 0.242 e. The number of aryl methyl sites for hydroxylation is 2. The van der Waals surface area contributed by atoms with E-state index in [0.29, 0.717) is 18.7 Å². The zero-order valence-electron chi connectivity index (χ0n) is 17.2. The highest BCUT2D eigenvalue weighted by atomic mass is 32.2. The van der Waals surface area contributed by atoms with Gasteiger partial charge in [-0.2, -0.15) is 0 Å². The summed E-state index contributed by atoms with van der Waals surface area (Å²) in [6, 6.07) is 15.8. The largest absolute Gasteiger partial charge is 0.357 e. The maximum atomic E-state index is 13.0. The molecule has 0 aliphatic carbocycles. The third kappa shape index (κ3) is 6.41. The minimum atomic E-state index is -0.459. The van der Waals surface area contributed by atoms with Crippen molar-refractivity contribution >= 4 is 23.6 Å².